The standard InChI is InChI=1S/C19H22N2O3/c1-15(12-16-8-4-2-5-9-16)21-18(22)13-20-19(23)24-14-17-10-6-3-7-11-17/h2-11,15H,12-14H2,1H3,(H,20,23)(H,21,22). The van der Waals surface area contributed by atoms with Gasteiger partial charge in [-0.05, 0) is 24.5 Å². The van der Waals surface area contributed by atoms with Gasteiger partial charge in [0, 0.05) is 6.04 Å². The average Bonchev–Trinajstić information content (AvgIpc) is 2.60. The van der Waals surface area contributed by atoms with Crippen molar-refractivity contribution in [2.75, 3.05) is 6.54 Å². The topological polar surface area (TPSA) is 67.4 Å². The third kappa shape index (κ3) is 6.52. The molecule has 5 heteroatoms. The van der Waals surface area contributed by atoms with E-state index >= 15 is 0 Å². The first-order valence-electron chi connectivity index (χ1n) is 7.91. The molecule has 0 saturated carbocycles. The first-order chi connectivity index (χ1) is 11.6. The van der Waals surface area contributed by atoms with E-state index < -0.39 is 6.09 Å². The number of benzene rings is 2. The number of alkyl carbamates (subject to hydrolysis) is 1. The van der Waals surface area contributed by atoms with E-state index in [0.29, 0.717) is 0 Å². The monoisotopic (exact) mass is 326 g/mol. The Morgan fingerprint density at radius 3 is 2.17 bits per heavy atom. The van der Waals surface area contributed by atoms with E-state index in [-0.39, 0.29) is 25.1 Å². The summed E-state index contributed by atoms with van der Waals surface area (Å²) in [4.78, 5) is 23.4. The summed E-state index contributed by atoms with van der Waals surface area (Å²) in [5.74, 6) is -0.241. The average molecular weight is 326 g/mol. The fourth-order valence-electron chi connectivity index (χ4n) is 2.27. The summed E-state index contributed by atoms with van der Waals surface area (Å²) >= 11 is 0. The number of carbonyl (C=O) groups excluding carboxylic acids is 2. The molecule has 126 valence electrons. The number of hydrogen-bond donors (Lipinski definition) is 2. The summed E-state index contributed by atoms with van der Waals surface area (Å²) in [6, 6.07) is 19.3. The summed E-state index contributed by atoms with van der Waals surface area (Å²) in [5.41, 5.74) is 2.05. The van der Waals surface area contributed by atoms with Crippen LogP contribution < -0.4 is 10.6 Å². The van der Waals surface area contributed by atoms with Gasteiger partial charge in [0.25, 0.3) is 0 Å². The van der Waals surface area contributed by atoms with Crippen LogP contribution in [0.4, 0.5) is 4.79 Å². The van der Waals surface area contributed by atoms with Gasteiger partial charge in [-0.1, -0.05) is 60.7 Å². The minimum Gasteiger partial charge on any atom is -0.445 e. The lowest BCUT2D eigenvalue weighted by Gasteiger charge is -2.14. The molecule has 1 atom stereocenters. The second-order valence-electron chi connectivity index (χ2n) is 5.57. The van der Waals surface area contributed by atoms with Gasteiger partial charge in [-0.15, -0.1) is 0 Å². The number of rotatable bonds is 7. The Hall–Kier alpha value is -2.82. The maximum atomic E-state index is 11.8. The molecular formula is C19H22N2O3. The van der Waals surface area contributed by atoms with Gasteiger partial charge >= 0.3 is 6.09 Å². The van der Waals surface area contributed by atoms with Gasteiger partial charge in [0.2, 0.25) is 5.91 Å². The third-order valence-corrected chi connectivity index (χ3v) is 3.40. The highest BCUT2D eigenvalue weighted by Gasteiger charge is 2.10. The Kier molecular flexibility index (Phi) is 6.83. The number of ether oxygens (including phenoxy) is 1. The number of amides is 2. The van der Waals surface area contributed by atoms with Crippen molar-refractivity contribution in [1.29, 1.82) is 0 Å². The van der Waals surface area contributed by atoms with E-state index in [1.54, 1.807) is 0 Å². The Bertz CT molecular complexity index is 644. The highest BCUT2D eigenvalue weighted by atomic mass is 16.5. The first-order valence-corrected chi connectivity index (χ1v) is 7.91. The van der Waals surface area contributed by atoms with Crippen molar-refractivity contribution < 1.29 is 14.3 Å². The zero-order chi connectivity index (χ0) is 17.2. The molecule has 2 amide bonds. The van der Waals surface area contributed by atoms with Gasteiger partial charge in [-0.3, -0.25) is 4.79 Å². The lowest BCUT2D eigenvalue weighted by atomic mass is 10.1. The molecule has 0 aliphatic carbocycles. The van der Waals surface area contributed by atoms with Crippen LogP contribution in [0.1, 0.15) is 18.1 Å². The zero-order valence-electron chi connectivity index (χ0n) is 13.7. The maximum Gasteiger partial charge on any atom is 0.407 e. The molecular weight excluding hydrogens is 304 g/mol. The molecule has 0 aromatic heterocycles. The van der Waals surface area contributed by atoms with Crippen molar-refractivity contribution >= 4 is 12.0 Å². The molecule has 1 unspecified atom stereocenters. The van der Waals surface area contributed by atoms with E-state index in [4.69, 9.17) is 4.74 Å². The molecule has 0 heterocycles. The molecule has 2 aromatic carbocycles. The minimum atomic E-state index is -0.607. The molecule has 0 bridgehead atoms. The summed E-state index contributed by atoms with van der Waals surface area (Å²) in [7, 11) is 0. The predicted molar refractivity (Wildman–Crippen MR) is 92.4 cm³/mol. The first kappa shape index (κ1) is 17.5. The van der Waals surface area contributed by atoms with E-state index in [2.05, 4.69) is 10.6 Å². The maximum absolute atomic E-state index is 11.8. The van der Waals surface area contributed by atoms with Crippen molar-refractivity contribution in [3.05, 3.63) is 71.8 Å². The molecule has 0 spiro atoms. The molecule has 2 N–H and O–H groups in total. The van der Waals surface area contributed by atoms with Crippen molar-refractivity contribution in [3.63, 3.8) is 0 Å². The quantitative estimate of drug-likeness (QED) is 0.822. The molecule has 0 radical (unpaired) electrons. The number of hydrogen-bond acceptors (Lipinski definition) is 3. The second kappa shape index (κ2) is 9.35. The summed E-state index contributed by atoms with van der Waals surface area (Å²) in [6.07, 6.45) is 0.134. The van der Waals surface area contributed by atoms with Gasteiger partial charge in [0.15, 0.2) is 0 Å². The van der Waals surface area contributed by atoms with Crippen LogP contribution in [0.25, 0.3) is 0 Å². The van der Waals surface area contributed by atoms with Crippen molar-refractivity contribution in [3.8, 4) is 0 Å². The van der Waals surface area contributed by atoms with Crippen LogP contribution in [-0.4, -0.2) is 24.6 Å². The van der Waals surface area contributed by atoms with Crippen molar-refractivity contribution in [2.45, 2.75) is 26.0 Å². The van der Waals surface area contributed by atoms with E-state index in [1.807, 2.05) is 67.6 Å². The van der Waals surface area contributed by atoms with Crippen LogP contribution in [-0.2, 0) is 22.6 Å². The van der Waals surface area contributed by atoms with Gasteiger partial charge in [0.1, 0.15) is 13.2 Å². The lowest BCUT2D eigenvalue weighted by Crippen LogP contribution is -2.41. The fraction of sp³-hybridized carbons (Fsp3) is 0.263. The van der Waals surface area contributed by atoms with Crippen LogP contribution in [0.15, 0.2) is 60.7 Å². The molecule has 0 aliphatic heterocycles. The molecule has 0 aliphatic rings. The molecule has 5 nitrogen and oxygen atoms in total. The van der Waals surface area contributed by atoms with Crippen LogP contribution in [0.5, 0.6) is 0 Å². The zero-order valence-corrected chi connectivity index (χ0v) is 13.7. The normalized spacial score (nSPS) is 11.4. The Labute approximate surface area is 142 Å². The molecule has 0 saturated heterocycles. The van der Waals surface area contributed by atoms with Crippen LogP contribution in [0.2, 0.25) is 0 Å². The summed E-state index contributed by atoms with van der Waals surface area (Å²) < 4.78 is 5.05. The summed E-state index contributed by atoms with van der Waals surface area (Å²) in [6.45, 7) is 2.00. The smallest absolute Gasteiger partial charge is 0.407 e. The number of nitrogens with one attached hydrogen (secondary N) is 2. The van der Waals surface area contributed by atoms with Crippen molar-refractivity contribution in [1.82, 2.24) is 10.6 Å². The Morgan fingerprint density at radius 1 is 0.958 bits per heavy atom. The minimum absolute atomic E-state index is 0.0120. The Morgan fingerprint density at radius 2 is 1.54 bits per heavy atom. The fourth-order valence-corrected chi connectivity index (χ4v) is 2.27. The second-order valence-corrected chi connectivity index (χ2v) is 5.57. The predicted octanol–water partition coefficient (Wildman–Crippen LogP) is 2.66. The van der Waals surface area contributed by atoms with Gasteiger partial charge in [-0.2, -0.15) is 0 Å². The van der Waals surface area contributed by atoms with Gasteiger partial charge < -0.3 is 15.4 Å². The molecule has 2 aromatic rings. The molecule has 0 fully saturated rings. The SMILES string of the molecule is CC(Cc1ccccc1)NC(=O)CNC(=O)OCc1ccccc1. The van der Waals surface area contributed by atoms with Crippen LogP contribution in [0.3, 0.4) is 0 Å². The highest BCUT2D eigenvalue weighted by molar-refractivity contribution is 5.82. The van der Waals surface area contributed by atoms with E-state index in [1.165, 1.54) is 0 Å². The van der Waals surface area contributed by atoms with Gasteiger partial charge in [-0.25, -0.2) is 4.79 Å². The third-order valence-electron chi connectivity index (χ3n) is 3.40. The lowest BCUT2D eigenvalue weighted by molar-refractivity contribution is -0.120. The van der Waals surface area contributed by atoms with E-state index in [0.717, 1.165) is 17.5 Å². The summed E-state index contributed by atoms with van der Waals surface area (Å²) in [5, 5.41) is 5.30. The largest absolute Gasteiger partial charge is 0.445 e. The van der Waals surface area contributed by atoms with Crippen LogP contribution >= 0.6 is 0 Å². The van der Waals surface area contributed by atoms with Crippen LogP contribution in [0, 0.1) is 0 Å². The van der Waals surface area contributed by atoms with Gasteiger partial charge in [0.05, 0.1) is 0 Å². The highest BCUT2D eigenvalue weighted by Crippen LogP contribution is 2.02. The number of carbonyl (C=O) groups is 2. The molecule has 24 heavy (non-hydrogen) atoms. The van der Waals surface area contributed by atoms with E-state index in [9.17, 15) is 9.59 Å². The molecule has 2 rings (SSSR count). The Balaban J connectivity index is 1.64. The van der Waals surface area contributed by atoms with Crippen molar-refractivity contribution in [2.24, 2.45) is 0 Å².